The molecule has 1 saturated heterocycles. The summed E-state index contributed by atoms with van der Waals surface area (Å²) in [5, 5.41) is 0. The second-order valence-corrected chi connectivity index (χ2v) is 6.31. The van der Waals surface area contributed by atoms with Crippen molar-refractivity contribution in [2.75, 3.05) is 26.2 Å². The first-order valence-corrected chi connectivity index (χ1v) is 6.98. The molecule has 3 heteroatoms. The van der Waals surface area contributed by atoms with Crippen molar-refractivity contribution < 1.29 is 9.47 Å². The van der Waals surface area contributed by atoms with Gasteiger partial charge < -0.3 is 9.47 Å². The first-order chi connectivity index (χ1) is 7.99. The van der Waals surface area contributed by atoms with Crippen LogP contribution in [0.15, 0.2) is 0 Å². The number of nitrogens with zero attached hydrogens (tertiary/aromatic N) is 1. The monoisotopic (exact) mass is 241 g/mol. The molecule has 17 heavy (non-hydrogen) atoms. The third-order valence-electron chi connectivity index (χ3n) is 3.73. The van der Waals surface area contributed by atoms with Crippen molar-refractivity contribution in [2.45, 2.75) is 58.8 Å². The number of hydrogen-bond donors (Lipinski definition) is 0. The fraction of sp³-hybridized carbons (Fsp3) is 1.00. The van der Waals surface area contributed by atoms with E-state index in [4.69, 9.17) is 9.47 Å². The fourth-order valence-corrected chi connectivity index (χ4v) is 2.76. The molecule has 1 saturated carbocycles. The molecule has 0 unspecified atom stereocenters. The zero-order valence-electron chi connectivity index (χ0n) is 11.7. The van der Waals surface area contributed by atoms with Gasteiger partial charge in [-0.1, -0.05) is 0 Å². The molecule has 0 N–H and O–H groups in total. The van der Waals surface area contributed by atoms with Crippen molar-refractivity contribution in [3.63, 3.8) is 0 Å². The highest BCUT2D eigenvalue weighted by molar-refractivity contribution is 4.96. The highest BCUT2D eigenvalue weighted by Crippen LogP contribution is 2.47. The van der Waals surface area contributed by atoms with Crippen molar-refractivity contribution in [3.8, 4) is 0 Å². The lowest BCUT2D eigenvalue weighted by Crippen LogP contribution is -2.48. The number of rotatable bonds is 5. The molecule has 0 spiro atoms. The standard InChI is InChI=1S/C14H27NO2/c1-11(2)16-10-14(5-6-14)9-15-7-12(3)17-13(4)8-15/h11-13H,5-10H2,1-4H3/t12-,13-/m0/s1. The summed E-state index contributed by atoms with van der Waals surface area (Å²) in [7, 11) is 0. The predicted molar refractivity (Wildman–Crippen MR) is 69.2 cm³/mol. The first-order valence-electron chi connectivity index (χ1n) is 6.98. The Morgan fingerprint density at radius 3 is 2.29 bits per heavy atom. The predicted octanol–water partition coefficient (Wildman–Crippen LogP) is 2.30. The molecular formula is C14H27NO2. The average Bonchev–Trinajstić information content (AvgIpc) is 2.94. The van der Waals surface area contributed by atoms with E-state index in [9.17, 15) is 0 Å². The van der Waals surface area contributed by atoms with Gasteiger partial charge in [-0.3, -0.25) is 4.90 Å². The van der Waals surface area contributed by atoms with E-state index in [2.05, 4.69) is 32.6 Å². The second-order valence-electron chi connectivity index (χ2n) is 6.31. The zero-order valence-corrected chi connectivity index (χ0v) is 11.7. The van der Waals surface area contributed by atoms with E-state index in [1.807, 2.05) is 0 Å². The van der Waals surface area contributed by atoms with Crippen molar-refractivity contribution >= 4 is 0 Å². The molecule has 2 rings (SSSR count). The summed E-state index contributed by atoms with van der Waals surface area (Å²) in [6.45, 7) is 12.9. The normalized spacial score (nSPS) is 33.0. The highest BCUT2D eigenvalue weighted by atomic mass is 16.5. The van der Waals surface area contributed by atoms with Crippen molar-refractivity contribution in [3.05, 3.63) is 0 Å². The quantitative estimate of drug-likeness (QED) is 0.737. The van der Waals surface area contributed by atoms with Crippen LogP contribution in [0, 0.1) is 5.41 Å². The molecule has 1 aliphatic carbocycles. The lowest BCUT2D eigenvalue weighted by atomic mass is 10.1. The first kappa shape index (κ1) is 13.3. The van der Waals surface area contributed by atoms with Gasteiger partial charge in [-0.05, 0) is 40.5 Å². The van der Waals surface area contributed by atoms with E-state index in [1.165, 1.54) is 19.4 Å². The van der Waals surface area contributed by atoms with Gasteiger partial charge in [-0.2, -0.15) is 0 Å². The molecule has 0 radical (unpaired) electrons. The van der Waals surface area contributed by atoms with Crippen LogP contribution in [0.1, 0.15) is 40.5 Å². The van der Waals surface area contributed by atoms with Crippen LogP contribution in [-0.2, 0) is 9.47 Å². The Balaban J connectivity index is 1.79. The maximum absolute atomic E-state index is 5.81. The van der Waals surface area contributed by atoms with Gasteiger partial charge in [0.15, 0.2) is 0 Å². The SMILES string of the molecule is CC(C)OCC1(CN2C[C@H](C)O[C@@H](C)C2)CC1. The van der Waals surface area contributed by atoms with E-state index < -0.39 is 0 Å². The molecule has 0 aromatic rings. The highest BCUT2D eigenvalue weighted by Gasteiger charge is 2.45. The molecule has 2 aliphatic rings. The van der Waals surface area contributed by atoms with Gasteiger partial charge in [0, 0.05) is 25.0 Å². The summed E-state index contributed by atoms with van der Waals surface area (Å²) in [6, 6.07) is 0. The van der Waals surface area contributed by atoms with E-state index in [0.29, 0.717) is 23.7 Å². The molecule has 100 valence electrons. The van der Waals surface area contributed by atoms with Crippen LogP contribution in [-0.4, -0.2) is 49.5 Å². The van der Waals surface area contributed by atoms with E-state index in [-0.39, 0.29) is 0 Å². The summed E-state index contributed by atoms with van der Waals surface area (Å²) in [5.74, 6) is 0. The lowest BCUT2D eigenvalue weighted by Gasteiger charge is -2.37. The summed E-state index contributed by atoms with van der Waals surface area (Å²) in [4.78, 5) is 2.56. The maximum Gasteiger partial charge on any atom is 0.0678 e. The van der Waals surface area contributed by atoms with Crippen molar-refractivity contribution in [1.82, 2.24) is 4.90 Å². The van der Waals surface area contributed by atoms with E-state index in [0.717, 1.165) is 19.7 Å². The van der Waals surface area contributed by atoms with Crippen molar-refractivity contribution in [2.24, 2.45) is 5.41 Å². The van der Waals surface area contributed by atoms with Crippen LogP contribution in [0.5, 0.6) is 0 Å². The number of ether oxygens (including phenoxy) is 2. The van der Waals surface area contributed by atoms with Crippen LogP contribution >= 0.6 is 0 Å². The molecule has 0 aromatic carbocycles. The van der Waals surface area contributed by atoms with Crippen molar-refractivity contribution in [1.29, 1.82) is 0 Å². The number of morpholine rings is 1. The summed E-state index contributed by atoms with van der Waals surface area (Å²) in [6.07, 6.45) is 3.77. The molecular weight excluding hydrogens is 214 g/mol. The Hall–Kier alpha value is -0.120. The van der Waals surface area contributed by atoms with Gasteiger partial charge in [0.1, 0.15) is 0 Å². The van der Waals surface area contributed by atoms with Gasteiger partial charge in [-0.25, -0.2) is 0 Å². The molecule has 2 atom stereocenters. The summed E-state index contributed by atoms with van der Waals surface area (Å²) in [5.41, 5.74) is 0.459. The molecule has 0 aromatic heterocycles. The number of hydrogen-bond acceptors (Lipinski definition) is 3. The molecule has 0 amide bonds. The Labute approximate surface area is 105 Å². The Kier molecular flexibility index (Phi) is 4.11. The largest absolute Gasteiger partial charge is 0.378 e. The van der Waals surface area contributed by atoms with Crippen LogP contribution in [0.2, 0.25) is 0 Å². The third kappa shape index (κ3) is 3.94. The second kappa shape index (κ2) is 5.25. The zero-order chi connectivity index (χ0) is 12.5. The Morgan fingerprint density at radius 2 is 1.82 bits per heavy atom. The van der Waals surface area contributed by atoms with Gasteiger partial charge in [0.2, 0.25) is 0 Å². The lowest BCUT2D eigenvalue weighted by molar-refractivity contribution is -0.0774. The molecule has 2 fully saturated rings. The van der Waals surface area contributed by atoms with Gasteiger partial charge >= 0.3 is 0 Å². The topological polar surface area (TPSA) is 21.7 Å². The van der Waals surface area contributed by atoms with Gasteiger partial charge in [0.05, 0.1) is 24.9 Å². The van der Waals surface area contributed by atoms with Crippen LogP contribution in [0.25, 0.3) is 0 Å². The molecule has 3 nitrogen and oxygen atoms in total. The van der Waals surface area contributed by atoms with Gasteiger partial charge in [-0.15, -0.1) is 0 Å². The van der Waals surface area contributed by atoms with Crippen LogP contribution in [0.4, 0.5) is 0 Å². The molecule has 1 aliphatic heterocycles. The molecule has 0 bridgehead atoms. The Bertz CT molecular complexity index is 241. The molecule has 1 heterocycles. The van der Waals surface area contributed by atoms with E-state index in [1.54, 1.807) is 0 Å². The van der Waals surface area contributed by atoms with Crippen LogP contribution in [0.3, 0.4) is 0 Å². The minimum atomic E-state index is 0.356. The Morgan fingerprint density at radius 1 is 1.24 bits per heavy atom. The maximum atomic E-state index is 5.81. The van der Waals surface area contributed by atoms with Crippen LogP contribution < -0.4 is 0 Å². The van der Waals surface area contributed by atoms with Gasteiger partial charge in [0.25, 0.3) is 0 Å². The minimum absolute atomic E-state index is 0.356. The summed E-state index contributed by atoms with van der Waals surface area (Å²) >= 11 is 0. The fourth-order valence-electron chi connectivity index (χ4n) is 2.76. The smallest absolute Gasteiger partial charge is 0.0678 e. The third-order valence-corrected chi connectivity index (χ3v) is 3.73. The minimum Gasteiger partial charge on any atom is -0.378 e. The van der Waals surface area contributed by atoms with E-state index >= 15 is 0 Å². The summed E-state index contributed by atoms with van der Waals surface area (Å²) < 4.78 is 11.6. The average molecular weight is 241 g/mol.